The van der Waals surface area contributed by atoms with E-state index >= 15 is 0 Å². The average Bonchev–Trinajstić information content (AvgIpc) is 3.92. The van der Waals surface area contributed by atoms with Crippen LogP contribution in [-0.2, 0) is 10.8 Å². The topological polar surface area (TPSA) is 3.24 Å². The Balaban J connectivity index is 1.10. The molecule has 0 aliphatic heterocycles. The van der Waals surface area contributed by atoms with Gasteiger partial charge in [-0.3, -0.25) is 0 Å². The predicted octanol–water partition coefficient (Wildman–Crippen LogP) is 16.8. The molecular formula is C64H45N. The number of fused-ring (bicyclic) bond motifs is 13. The van der Waals surface area contributed by atoms with Gasteiger partial charge in [-0.1, -0.05) is 208 Å². The summed E-state index contributed by atoms with van der Waals surface area (Å²) < 4.78 is 0. The highest BCUT2D eigenvalue weighted by molar-refractivity contribution is 5.99. The summed E-state index contributed by atoms with van der Waals surface area (Å²) in [5.41, 5.74) is 25.8. The summed E-state index contributed by atoms with van der Waals surface area (Å²) >= 11 is 0. The fourth-order valence-corrected chi connectivity index (χ4v) is 11.7. The van der Waals surface area contributed by atoms with Crippen LogP contribution in [0.5, 0.6) is 0 Å². The van der Waals surface area contributed by atoms with E-state index in [9.17, 15) is 0 Å². The molecule has 306 valence electrons. The minimum absolute atomic E-state index is 0.152. The molecule has 3 aliphatic rings. The quantitative estimate of drug-likeness (QED) is 0.161. The number of hydrogen-bond donors (Lipinski definition) is 0. The van der Waals surface area contributed by atoms with E-state index in [1.54, 1.807) is 0 Å². The molecule has 0 N–H and O–H groups in total. The lowest BCUT2D eigenvalue weighted by Crippen LogP contribution is -2.26. The van der Waals surface area contributed by atoms with Crippen molar-refractivity contribution >= 4 is 17.1 Å². The molecule has 0 fully saturated rings. The second-order valence-corrected chi connectivity index (χ2v) is 18.4. The van der Waals surface area contributed by atoms with E-state index in [0.717, 1.165) is 17.1 Å². The normalized spacial score (nSPS) is 13.9. The molecule has 1 heteroatoms. The van der Waals surface area contributed by atoms with E-state index in [4.69, 9.17) is 0 Å². The van der Waals surface area contributed by atoms with Gasteiger partial charge in [0, 0.05) is 22.4 Å². The van der Waals surface area contributed by atoms with Crippen LogP contribution in [0.25, 0.3) is 66.8 Å². The van der Waals surface area contributed by atoms with Crippen molar-refractivity contribution in [2.24, 2.45) is 0 Å². The Morgan fingerprint density at radius 1 is 0.262 bits per heavy atom. The van der Waals surface area contributed by atoms with Gasteiger partial charge < -0.3 is 4.90 Å². The molecule has 0 amide bonds. The van der Waals surface area contributed by atoms with E-state index in [2.05, 4.69) is 255 Å². The Kier molecular flexibility index (Phi) is 8.24. The highest BCUT2D eigenvalue weighted by Crippen LogP contribution is 2.64. The lowest BCUT2D eigenvalue weighted by molar-refractivity contribution is 0.660. The highest BCUT2D eigenvalue weighted by atomic mass is 15.1. The third-order valence-electron chi connectivity index (χ3n) is 14.7. The van der Waals surface area contributed by atoms with Gasteiger partial charge in [-0.15, -0.1) is 0 Å². The molecular weight excluding hydrogens is 783 g/mol. The van der Waals surface area contributed by atoms with Crippen molar-refractivity contribution < 1.29 is 0 Å². The van der Waals surface area contributed by atoms with E-state index in [1.807, 2.05) is 0 Å². The SMILES string of the molecule is CC1(C)c2ccccc2-c2ccc(N(c3ccc4c(c3)C3(c5ccccc5-4)c4cc(-c5ccccc5)ccc4-c4ccc(-c5ccccc5)cc43)c3ccccc3-c3ccccc3)cc21. The van der Waals surface area contributed by atoms with Crippen LogP contribution in [0.15, 0.2) is 237 Å². The summed E-state index contributed by atoms with van der Waals surface area (Å²) in [5.74, 6) is 0. The number of anilines is 3. The Labute approximate surface area is 381 Å². The van der Waals surface area contributed by atoms with Gasteiger partial charge in [0.25, 0.3) is 0 Å². The molecule has 10 aromatic rings. The van der Waals surface area contributed by atoms with Crippen molar-refractivity contribution in [1.82, 2.24) is 0 Å². The van der Waals surface area contributed by atoms with Gasteiger partial charge in [-0.05, 0) is 137 Å². The Hall–Kier alpha value is -8.00. The van der Waals surface area contributed by atoms with E-state index in [0.29, 0.717) is 0 Å². The molecule has 1 spiro atoms. The molecule has 0 unspecified atom stereocenters. The summed E-state index contributed by atoms with van der Waals surface area (Å²) in [4.78, 5) is 2.52. The van der Waals surface area contributed by atoms with Crippen LogP contribution in [0.4, 0.5) is 17.1 Å². The van der Waals surface area contributed by atoms with Crippen molar-refractivity contribution in [3.8, 4) is 66.8 Å². The van der Waals surface area contributed by atoms with Crippen LogP contribution in [-0.4, -0.2) is 0 Å². The first-order valence-electron chi connectivity index (χ1n) is 22.8. The molecule has 0 radical (unpaired) electrons. The number of para-hydroxylation sites is 1. The van der Waals surface area contributed by atoms with Crippen LogP contribution >= 0.6 is 0 Å². The van der Waals surface area contributed by atoms with Gasteiger partial charge in [0.2, 0.25) is 0 Å². The first kappa shape index (κ1) is 37.5. The largest absolute Gasteiger partial charge is 0.310 e. The molecule has 1 nitrogen and oxygen atoms in total. The van der Waals surface area contributed by atoms with Gasteiger partial charge in [-0.25, -0.2) is 0 Å². The summed E-state index contributed by atoms with van der Waals surface area (Å²) in [6.07, 6.45) is 0. The lowest BCUT2D eigenvalue weighted by atomic mass is 9.69. The van der Waals surface area contributed by atoms with Crippen LogP contribution < -0.4 is 4.90 Å². The zero-order valence-electron chi connectivity index (χ0n) is 36.5. The molecule has 65 heavy (non-hydrogen) atoms. The molecule has 10 aromatic carbocycles. The molecule has 0 saturated heterocycles. The van der Waals surface area contributed by atoms with Crippen LogP contribution in [0.3, 0.4) is 0 Å². The standard InChI is InChI=1S/C64H45N/c1-63(2)56-27-15-12-25-50(56)52-36-32-47(40-58(52)63)65(62-29-17-14-24-49(62)44-22-10-5-11-23-44)48-33-37-55-51-26-13-16-28-57(51)64(61(55)41-48)59-38-45(42-18-6-3-7-19-42)30-34-53(59)54-35-31-46(39-60(54)64)43-20-8-4-9-21-43/h3-41H,1-2H3. The minimum atomic E-state index is -0.575. The number of nitrogens with zero attached hydrogens (tertiary/aromatic N) is 1. The summed E-state index contributed by atoms with van der Waals surface area (Å²) in [6, 6.07) is 88.5. The minimum Gasteiger partial charge on any atom is -0.310 e. The highest BCUT2D eigenvalue weighted by Gasteiger charge is 2.52. The summed E-state index contributed by atoms with van der Waals surface area (Å²) in [6.45, 7) is 4.75. The molecule has 3 aliphatic carbocycles. The zero-order chi connectivity index (χ0) is 43.3. The second kappa shape index (κ2) is 14.3. The van der Waals surface area contributed by atoms with Crippen molar-refractivity contribution in [1.29, 1.82) is 0 Å². The Morgan fingerprint density at radius 2 is 0.646 bits per heavy atom. The van der Waals surface area contributed by atoms with Crippen molar-refractivity contribution in [2.45, 2.75) is 24.7 Å². The van der Waals surface area contributed by atoms with E-state index < -0.39 is 5.41 Å². The van der Waals surface area contributed by atoms with Crippen molar-refractivity contribution in [3.63, 3.8) is 0 Å². The molecule has 0 saturated carbocycles. The van der Waals surface area contributed by atoms with Gasteiger partial charge in [0.1, 0.15) is 0 Å². The van der Waals surface area contributed by atoms with Crippen LogP contribution in [0.1, 0.15) is 47.2 Å². The van der Waals surface area contributed by atoms with Gasteiger partial charge >= 0.3 is 0 Å². The van der Waals surface area contributed by atoms with Crippen LogP contribution in [0.2, 0.25) is 0 Å². The first-order valence-corrected chi connectivity index (χ1v) is 22.8. The molecule has 0 bridgehead atoms. The van der Waals surface area contributed by atoms with Gasteiger partial charge in [-0.2, -0.15) is 0 Å². The van der Waals surface area contributed by atoms with Gasteiger partial charge in [0.15, 0.2) is 0 Å². The molecule has 13 rings (SSSR count). The fourth-order valence-electron chi connectivity index (χ4n) is 11.7. The molecule has 0 atom stereocenters. The zero-order valence-corrected chi connectivity index (χ0v) is 36.5. The van der Waals surface area contributed by atoms with Crippen LogP contribution in [0, 0.1) is 0 Å². The Morgan fingerprint density at radius 3 is 1.22 bits per heavy atom. The van der Waals surface area contributed by atoms with Gasteiger partial charge in [0.05, 0.1) is 11.1 Å². The smallest absolute Gasteiger partial charge is 0.0726 e. The average molecular weight is 828 g/mol. The number of benzene rings is 10. The fraction of sp³-hybridized carbons (Fsp3) is 0.0625. The summed E-state index contributed by atoms with van der Waals surface area (Å²) in [5, 5.41) is 0. The van der Waals surface area contributed by atoms with Crippen molar-refractivity contribution in [3.05, 3.63) is 270 Å². The van der Waals surface area contributed by atoms with Crippen molar-refractivity contribution in [2.75, 3.05) is 4.90 Å². The van der Waals surface area contributed by atoms with E-state index in [1.165, 1.54) is 100 Å². The second-order valence-electron chi connectivity index (χ2n) is 18.4. The maximum absolute atomic E-state index is 2.54. The predicted molar refractivity (Wildman–Crippen MR) is 271 cm³/mol. The summed E-state index contributed by atoms with van der Waals surface area (Å²) in [7, 11) is 0. The number of hydrogen-bond acceptors (Lipinski definition) is 1. The number of rotatable bonds is 6. The maximum Gasteiger partial charge on any atom is 0.0726 e. The molecule has 0 heterocycles. The third kappa shape index (κ3) is 5.46. The lowest BCUT2D eigenvalue weighted by Gasteiger charge is -2.33. The Bertz CT molecular complexity index is 3420. The third-order valence-corrected chi connectivity index (χ3v) is 14.7. The first-order chi connectivity index (χ1) is 32.0. The monoisotopic (exact) mass is 827 g/mol. The van der Waals surface area contributed by atoms with E-state index in [-0.39, 0.29) is 5.41 Å². The maximum atomic E-state index is 2.54. The molecule has 0 aromatic heterocycles.